The highest BCUT2D eigenvalue weighted by molar-refractivity contribution is 5.80. The molecule has 0 aromatic rings. The van der Waals surface area contributed by atoms with E-state index < -0.39 is 5.97 Å². The minimum absolute atomic E-state index is 0.134. The van der Waals surface area contributed by atoms with Gasteiger partial charge in [-0.2, -0.15) is 0 Å². The zero-order valence-electron chi connectivity index (χ0n) is 8.11. The molecule has 1 amide bonds. The summed E-state index contributed by atoms with van der Waals surface area (Å²) in [4.78, 5) is 24.0. The van der Waals surface area contributed by atoms with Gasteiger partial charge in [0.2, 0.25) is 5.91 Å². The fourth-order valence-electron chi connectivity index (χ4n) is 1.90. The standard InChI is InChI=1S/C10H15NO3/c12-9-4-3-8(10(13)14)6-11(9)5-7-1-2-7/h7-8H,1-6H2,(H,13,14). The summed E-state index contributed by atoms with van der Waals surface area (Å²) in [7, 11) is 0. The van der Waals surface area contributed by atoms with Crippen molar-refractivity contribution in [3.63, 3.8) is 0 Å². The molecule has 14 heavy (non-hydrogen) atoms. The predicted octanol–water partition coefficient (Wildman–Crippen LogP) is 0.720. The Kier molecular flexibility index (Phi) is 2.44. The lowest BCUT2D eigenvalue weighted by atomic mass is 9.97. The molecule has 78 valence electrons. The van der Waals surface area contributed by atoms with Crippen molar-refractivity contribution in [2.45, 2.75) is 25.7 Å². The Bertz CT molecular complexity index is 260. The van der Waals surface area contributed by atoms with Crippen LogP contribution in [0.5, 0.6) is 0 Å². The molecule has 1 N–H and O–H groups in total. The van der Waals surface area contributed by atoms with E-state index in [1.54, 1.807) is 4.90 Å². The lowest BCUT2D eigenvalue weighted by Crippen LogP contribution is -2.43. The molecule has 0 radical (unpaired) electrons. The van der Waals surface area contributed by atoms with Crippen molar-refractivity contribution >= 4 is 11.9 Å². The quantitative estimate of drug-likeness (QED) is 0.725. The Morgan fingerprint density at radius 3 is 2.71 bits per heavy atom. The fourth-order valence-corrected chi connectivity index (χ4v) is 1.90. The van der Waals surface area contributed by atoms with Crippen molar-refractivity contribution in [2.75, 3.05) is 13.1 Å². The highest BCUT2D eigenvalue weighted by Gasteiger charge is 2.33. The lowest BCUT2D eigenvalue weighted by Gasteiger charge is -2.30. The van der Waals surface area contributed by atoms with Gasteiger partial charge in [-0.3, -0.25) is 9.59 Å². The SMILES string of the molecule is O=C(O)C1CCC(=O)N(CC2CC2)C1. The molecular weight excluding hydrogens is 182 g/mol. The zero-order chi connectivity index (χ0) is 10.1. The van der Waals surface area contributed by atoms with Crippen LogP contribution in [0.4, 0.5) is 0 Å². The van der Waals surface area contributed by atoms with Crippen LogP contribution in [-0.4, -0.2) is 35.0 Å². The first-order valence-electron chi connectivity index (χ1n) is 5.17. The van der Waals surface area contributed by atoms with E-state index in [2.05, 4.69) is 0 Å². The Labute approximate surface area is 82.9 Å². The minimum Gasteiger partial charge on any atom is -0.481 e. The Balaban J connectivity index is 1.91. The average Bonchev–Trinajstić information content (AvgIpc) is 2.92. The number of hydrogen-bond acceptors (Lipinski definition) is 2. The van der Waals surface area contributed by atoms with Crippen molar-refractivity contribution in [3.8, 4) is 0 Å². The monoisotopic (exact) mass is 197 g/mol. The number of carbonyl (C=O) groups excluding carboxylic acids is 1. The van der Waals surface area contributed by atoms with E-state index in [1.807, 2.05) is 0 Å². The second-order valence-electron chi connectivity index (χ2n) is 4.32. The largest absolute Gasteiger partial charge is 0.481 e. The fraction of sp³-hybridized carbons (Fsp3) is 0.800. The number of carboxylic acids is 1. The van der Waals surface area contributed by atoms with Crippen LogP contribution in [0.3, 0.4) is 0 Å². The predicted molar refractivity (Wildman–Crippen MR) is 49.7 cm³/mol. The van der Waals surface area contributed by atoms with Crippen LogP contribution in [0.15, 0.2) is 0 Å². The van der Waals surface area contributed by atoms with Crippen LogP contribution in [0.25, 0.3) is 0 Å². The summed E-state index contributed by atoms with van der Waals surface area (Å²) in [6.07, 6.45) is 3.31. The highest BCUT2D eigenvalue weighted by atomic mass is 16.4. The van der Waals surface area contributed by atoms with Crippen molar-refractivity contribution < 1.29 is 14.7 Å². The number of nitrogens with zero attached hydrogens (tertiary/aromatic N) is 1. The summed E-state index contributed by atoms with van der Waals surface area (Å²) in [5, 5.41) is 8.85. The number of piperidine rings is 1. The van der Waals surface area contributed by atoms with Gasteiger partial charge in [-0.15, -0.1) is 0 Å². The van der Waals surface area contributed by atoms with Crippen LogP contribution in [0, 0.1) is 11.8 Å². The van der Waals surface area contributed by atoms with Gasteiger partial charge in [0.1, 0.15) is 0 Å². The van der Waals surface area contributed by atoms with Crippen LogP contribution in [0.1, 0.15) is 25.7 Å². The molecule has 1 atom stereocenters. The maximum atomic E-state index is 11.5. The molecule has 1 saturated carbocycles. The van der Waals surface area contributed by atoms with Gasteiger partial charge in [-0.05, 0) is 25.2 Å². The molecule has 1 saturated heterocycles. The highest BCUT2D eigenvalue weighted by Crippen LogP contribution is 2.31. The number of likely N-dealkylation sites (tertiary alicyclic amines) is 1. The molecule has 1 unspecified atom stereocenters. The summed E-state index contributed by atoms with van der Waals surface area (Å²) in [6.45, 7) is 1.20. The summed E-state index contributed by atoms with van der Waals surface area (Å²) in [6, 6.07) is 0. The van der Waals surface area contributed by atoms with Gasteiger partial charge in [0, 0.05) is 19.5 Å². The maximum Gasteiger partial charge on any atom is 0.308 e. The number of aliphatic carboxylic acids is 1. The number of carboxylic acid groups (broad SMARTS) is 1. The number of rotatable bonds is 3. The summed E-state index contributed by atoms with van der Waals surface area (Å²) >= 11 is 0. The second kappa shape index (κ2) is 3.59. The normalized spacial score (nSPS) is 27.9. The molecular formula is C10H15NO3. The van der Waals surface area contributed by atoms with Crippen LogP contribution in [0.2, 0.25) is 0 Å². The molecule has 2 fully saturated rings. The number of carbonyl (C=O) groups is 2. The van der Waals surface area contributed by atoms with E-state index in [4.69, 9.17) is 5.11 Å². The third kappa shape index (κ3) is 2.05. The Hall–Kier alpha value is -1.06. The minimum atomic E-state index is -0.765. The number of amides is 1. The van der Waals surface area contributed by atoms with Crippen molar-refractivity contribution in [1.29, 1.82) is 0 Å². The zero-order valence-corrected chi connectivity index (χ0v) is 8.11. The van der Waals surface area contributed by atoms with E-state index in [0.717, 1.165) is 6.54 Å². The van der Waals surface area contributed by atoms with E-state index >= 15 is 0 Å². The Morgan fingerprint density at radius 1 is 1.43 bits per heavy atom. The van der Waals surface area contributed by atoms with Crippen molar-refractivity contribution in [1.82, 2.24) is 4.90 Å². The molecule has 2 rings (SSSR count). The van der Waals surface area contributed by atoms with E-state index in [1.165, 1.54) is 12.8 Å². The second-order valence-corrected chi connectivity index (χ2v) is 4.32. The topological polar surface area (TPSA) is 57.6 Å². The van der Waals surface area contributed by atoms with Gasteiger partial charge in [-0.25, -0.2) is 0 Å². The molecule has 0 aromatic heterocycles. The van der Waals surface area contributed by atoms with Crippen LogP contribution >= 0.6 is 0 Å². The first-order valence-corrected chi connectivity index (χ1v) is 5.17. The number of hydrogen-bond donors (Lipinski definition) is 1. The van der Waals surface area contributed by atoms with Crippen molar-refractivity contribution in [2.24, 2.45) is 11.8 Å². The summed E-state index contributed by atoms with van der Waals surface area (Å²) in [5.41, 5.74) is 0. The molecule has 2 aliphatic rings. The lowest BCUT2D eigenvalue weighted by molar-refractivity contribution is -0.147. The van der Waals surface area contributed by atoms with Crippen molar-refractivity contribution in [3.05, 3.63) is 0 Å². The van der Waals surface area contributed by atoms with E-state index in [9.17, 15) is 9.59 Å². The van der Waals surface area contributed by atoms with Gasteiger partial charge in [0.25, 0.3) is 0 Å². The third-order valence-corrected chi connectivity index (χ3v) is 3.02. The summed E-state index contributed by atoms with van der Waals surface area (Å²) < 4.78 is 0. The maximum absolute atomic E-state index is 11.5. The molecule has 0 spiro atoms. The first-order chi connectivity index (χ1) is 6.66. The van der Waals surface area contributed by atoms with Gasteiger partial charge in [-0.1, -0.05) is 0 Å². The van der Waals surface area contributed by atoms with Crippen LogP contribution in [-0.2, 0) is 9.59 Å². The molecule has 4 nitrogen and oxygen atoms in total. The summed E-state index contributed by atoms with van der Waals surface area (Å²) in [5.74, 6) is -0.328. The molecule has 1 aliphatic heterocycles. The first kappa shape index (κ1) is 9.49. The van der Waals surface area contributed by atoms with E-state index in [0.29, 0.717) is 25.3 Å². The van der Waals surface area contributed by atoms with Gasteiger partial charge in [0.05, 0.1) is 5.92 Å². The van der Waals surface area contributed by atoms with E-state index in [-0.39, 0.29) is 11.8 Å². The Morgan fingerprint density at radius 2 is 2.14 bits per heavy atom. The molecule has 0 aromatic carbocycles. The van der Waals surface area contributed by atoms with Gasteiger partial charge < -0.3 is 10.0 Å². The molecule has 4 heteroatoms. The smallest absolute Gasteiger partial charge is 0.308 e. The molecule has 1 aliphatic carbocycles. The van der Waals surface area contributed by atoms with Gasteiger partial charge >= 0.3 is 5.97 Å². The third-order valence-electron chi connectivity index (χ3n) is 3.02. The van der Waals surface area contributed by atoms with Gasteiger partial charge in [0.15, 0.2) is 0 Å². The average molecular weight is 197 g/mol. The van der Waals surface area contributed by atoms with Crippen LogP contribution < -0.4 is 0 Å². The molecule has 0 bridgehead atoms. The molecule has 1 heterocycles.